The highest BCUT2D eigenvalue weighted by atomic mass is 16.1. The third-order valence-corrected chi connectivity index (χ3v) is 4.10. The van der Waals surface area contributed by atoms with Crippen LogP contribution in [0.25, 0.3) is 0 Å². The Balaban J connectivity index is 1.70. The maximum Gasteiger partial charge on any atom is 0.222 e. The Morgan fingerprint density at radius 3 is 2.58 bits per heavy atom. The first-order chi connectivity index (χ1) is 9.16. The molecule has 104 valence electrons. The molecule has 1 fully saturated rings. The SMILES string of the molecule is CC(CCC1CC1)C(=O)NCC(C)c1ccccc1. The first-order valence-electron chi connectivity index (χ1n) is 7.49. The van der Waals surface area contributed by atoms with Crippen LogP contribution in [0.4, 0.5) is 0 Å². The van der Waals surface area contributed by atoms with Gasteiger partial charge < -0.3 is 5.32 Å². The summed E-state index contributed by atoms with van der Waals surface area (Å²) in [5.41, 5.74) is 1.29. The topological polar surface area (TPSA) is 29.1 Å². The predicted molar refractivity (Wildman–Crippen MR) is 79.0 cm³/mol. The maximum absolute atomic E-state index is 12.0. The van der Waals surface area contributed by atoms with E-state index >= 15 is 0 Å². The molecule has 2 unspecified atom stereocenters. The molecule has 2 rings (SSSR count). The number of nitrogens with one attached hydrogen (secondary N) is 1. The molecule has 1 aromatic rings. The third kappa shape index (κ3) is 4.70. The van der Waals surface area contributed by atoms with Crippen LogP contribution in [0.2, 0.25) is 0 Å². The molecule has 1 amide bonds. The van der Waals surface area contributed by atoms with Crippen molar-refractivity contribution in [2.75, 3.05) is 6.54 Å². The van der Waals surface area contributed by atoms with E-state index in [0.29, 0.717) is 5.92 Å². The lowest BCUT2D eigenvalue weighted by Gasteiger charge is -2.16. The summed E-state index contributed by atoms with van der Waals surface area (Å²) in [6.07, 6.45) is 5.01. The number of carbonyl (C=O) groups is 1. The van der Waals surface area contributed by atoms with E-state index in [1.54, 1.807) is 0 Å². The average molecular weight is 259 g/mol. The molecule has 0 saturated heterocycles. The summed E-state index contributed by atoms with van der Waals surface area (Å²) in [6.45, 7) is 4.94. The summed E-state index contributed by atoms with van der Waals surface area (Å²) < 4.78 is 0. The van der Waals surface area contributed by atoms with Gasteiger partial charge in [-0.15, -0.1) is 0 Å². The van der Waals surface area contributed by atoms with Crippen molar-refractivity contribution < 1.29 is 4.79 Å². The number of amides is 1. The first-order valence-corrected chi connectivity index (χ1v) is 7.49. The Kier molecular flexibility index (Phi) is 5.00. The number of rotatable bonds is 7. The lowest BCUT2D eigenvalue weighted by Crippen LogP contribution is -2.32. The van der Waals surface area contributed by atoms with Crippen LogP contribution in [-0.2, 0) is 4.79 Å². The van der Waals surface area contributed by atoms with Gasteiger partial charge in [-0.25, -0.2) is 0 Å². The molecule has 1 N–H and O–H groups in total. The van der Waals surface area contributed by atoms with Gasteiger partial charge in [0.2, 0.25) is 5.91 Å². The minimum atomic E-state index is 0.156. The summed E-state index contributed by atoms with van der Waals surface area (Å²) >= 11 is 0. The van der Waals surface area contributed by atoms with Crippen molar-refractivity contribution >= 4 is 5.91 Å². The fraction of sp³-hybridized carbons (Fsp3) is 0.588. The standard InChI is InChI=1S/C17H25NO/c1-13(8-9-15-10-11-15)17(19)18-12-14(2)16-6-4-3-5-7-16/h3-7,13-15H,8-12H2,1-2H3,(H,18,19). The summed E-state index contributed by atoms with van der Waals surface area (Å²) in [6, 6.07) is 10.4. The van der Waals surface area contributed by atoms with Gasteiger partial charge in [0.15, 0.2) is 0 Å². The van der Waals surface area contributed by atoms with Crippen LogP contribution in [0, 0.1) is 11.8 Å². The molecule has 0 aliphatic heterocycles. The predicted octanol–water partition coefficient (Wildman–Crippen LogP) is 3.73. The molecule has 0 spiro atoms. The van der Waals surface area contributed by atoms with Gasteiger partial charge in [-0.2, -0.15) is 0 Å². The van der Waals surface area contributed by atoms with Gasteiger partial charge in [-0.1, -0.05) is 57.0 Å². The zero-order valence-corrected chi connectivity index (χ0v) is 12.1. The third-order valence-electron chi connectivity index (χ3n) is 4.10. The average Bonchev–Trinajstić information content (AvgIpc) is 3.26. The fourth-order valence-corrected chi connectivity index (χ4v) is 2.35. The van der Waals surface area contributed by atoms with E-state index in [1.165, 1.54) is 24.8 Å². The van der Waals surface area contributed by atoms with E-state index in [-0.39, 0.29) is 11.8 Å². The Hall–Kier alpha value is -1.31. The van der Waals surface area contributed by atoms with Crippen molar-refractivity contribution in [2.45, 2.75) is 45.4 Å². The quantitative estimate of drug-likeness (QED) is 0.794. The normalized spacial score (nSPS) is 17.8. The molecule has 2 atom stereocenters. The minimum absolute atomic E-state index is 0.156. The van der Waals surface area contributed by atoms with Crippen molar-refractivity contribution in [3.63, 3.8) is 0 Å². The molecule has 19 heavy (non-hydrogen) atoms. The monoisotopic (exact) mass is 259 g/mol. The summed E-state index contributed by atoms with van der Waals surface area (Å²) in [5.74, 6) is 1.66. The summed E-state index contributed by atoms with van der Waals surface area (Å²) in [4.78, 5) is 12.0. The van der Waals surface area contributed by atoms with Crippen LogP contribution in [0.1, 0.15) is 51.0 Å². The van der Waals surface area contributed by atoms with Gasteiger partial charge in [-0.05, 0) is 30.2 Å². The molecule has 2 nitrogen and oxygen atoms in total. The lowest BCUT2D eigenvalue weighted by molar-refractivity contribution is -0.124. The number of benzene rings is 1. The highest BCUT2D eigenvalue weighted by molar-refractivity contribution is 5.78. The molecule has 0 radical (unpaired) electrons. The number of carbonyl (C=O) groups excluding carboxylic acids is 1. The Morgan fingerprint density at radius 1 is 1.26 bits per heavy atom. The van der Waals surface area contributed by atoms with E-state index in [1.807, 2.05) is 25.1 Å². The number of hydrogen-bond acceptors (Lipinski definition) is 1. The highest BCUT2D eigenvalue weighted by Crippen LogP contribution is 2.34. The molecule has 1 saturated carbocycles. The maximum atomic E-state index is 12.0. The van der Waals surface area contributed by atoms with Crippen molar-refractivity contribution in [1.82, 2.24) is 5.32 Å². The first kappa shape index (κ1) is 14.1. The lowest BCUT2D eigenvalue weighted by atomic mass is 10.00. The smallest absolute Gasteiger partial charge is 0.222 e. The molecular weight excluding hydrogens is 234 g/mol. The molecule has 1 aromatic carbocycles. The van der Waals surface area contributed by atoms with E-state index in [4.69, 9.17) is 0 Å². The van der Waals surface area contributed by atoms with Crippen LogP contribution in [0.3, 0.4) is 0 Å². The van der Waals surface area contributed by atoms with Crippen LogP contribution in [0.15, 0.2) is 30.3 Å². The Bertz CT molecular complexity index is 397. The molecule has 0 bridgehead atoms. The Labute approximate surface area is 116 Å². The van der Waals surface area contributed by atoms with Crippen LogP contribution < -0.4 is 5.32 Å². The van der Waals surface area contributed by atoms with Gasteiger partial charge in [-0.3, -0.25) is 4.79 Å². The van der Waals surface area contributed by atoms with Gasteiger partial charge in [0, 0.05) is 12.5 Å². The second-order valence-electron chi connectivity index (χ2n) is 5.98. The second kappa shape index (κ2) is 6.74. The van der Waals surface area contributed by atoms with Crippen molar-refractivity contribution in [2.24, 2.45) is 11.8 Å². The second-order valence-corrected chi connectivity index (χ2v) is 5.98. The van der Waals surface area contributed by atoms with E-state index in [0.717, 1.165) is 18.9 Å². The van der Waals surface area contributed by atoms with Crippen LogP contribution in [0.5, 0.6) is 0 Å². The highest BCUT2D eigenvalue weighted by Gasteiger charge is 2.23. The van der Waals surface area contributed by atoms with Crippen molar-refractivity contribution in [3.8, 4) is 0 Å². The van der Waals surface area contributed by atoms with Crippen LogP contribution >= 0.6 is 0 Å². The van der Waals surface area contributed by atoms with Crippen molar-refractivity contribution in [1.29, 1.82) is 0 Å². The molecule has 1 aliphatic carbocycles. The van der Waals surface area contributed by atoms with Crippen molar-refractivity contribution in [3.05, 3.63) is 35.9 Å². The zero-order chi connectivity index (χ0) is 13.7. The van der Waals surface area contributed by atoms with Crippen LogP contribution in [-0.4, -0.2) is 12.5 Å². The van der Waals surface area contributed by atoms with E-state index in [9.17, 15) is 4.79 Å². The molecular formula is C17H25NO. The van der Waals surface area contributed by atoms with E-state index in [2.05, 4.69) is 24.4 Å². The molecule has 1 aliphatic rings. The summed E-state index contributed by atoms with van der Waals surface area (Å²) in [7, 11) is 0. The molecule has 0 aromatic heterocycles. The van der Waals surface area contributed by atoms with E-state index < -0.39 is 0 Å². The minimum Gasteiger partial charge on any atom is -0.355 e. The zero-order valence-electron chi connectivity index (χ0n) is 12.1. The van der Waals surface area contributed by atoms with Gasteiger partial charge in [0.05, 0.1) is 0 Å². The fourth-order valence-electron chi connectivity index (χ4n) is 2.35. The Morgan fingerprint density at radius 2 is 1.95 bits per heavy atom. The van der Waals surface area contributed by atoms with Gasteiger partial charge in [0.1, 0.15) is 0 Å². The summed E-state index contributed by atoms with van der Waals surface area (Å²) in [5, 5.41) is 3.09. The number of hydrogen-bond donors (Lipinski definition) is 1. The van der Waals surface area contributed by atoms with Gasteiger partial charge in [0.25, 0.3) is 0 Å². The molecule has 0 heterocycles. The largest absolute Gasteiger partial charge is 0.355 e. The molecule has 2 heteroatoms. The van der Waals surface area contributed by atoms with Gasteiger partial charge >= 0.3 is 0 Å².